The maximum atomic E-state index is 6.48. The fourth-order valence-electron chi connectivity index (χ4n) is 5.15. The Bertz CT molecular complexity index is 1720. The molecule has 39 heavy (non-hydrogen) atoms. The van der Waals surface area contributed by atoms with Gasteiger partial charge < -0.3 is 4.42 Å². The summed E-state index contributed by atoms with van der Waals surface area (Å²) in [5.74, 6) is 0.758. The molecule has 0 N–H and O–H groups in total. The first-order chi connectivity index (χ1) is 19.2. The average Bonchev–Trinajstić information content (AvgIpc) is 2.97. The van der Waals surface area contributed by atoms with Gasteiger partial charge in [-0.05, 0) is 73.2 Å². The lowest BCUT2D eigenvalue weighted by Gasteiger charge is -2.22. The third-order valence-electron chi connectivity index (χ3n) is 7.05. The van der Waals surface area contributed by atoms with Gasteiger partial charge in [-0.3, -0.25) is 19.9 Å². The number of pyridine rings is 2. The molecule has 0 spiro atoms. The van der Waals surface area contributed by atoms with Crippen LogP contribution in [-0.4, -0.2) is 32.9 Å². The van der Waals surface area contributed by atoms with Crippen LogP contribution < -0.4 is 5.36 Å². The molecular formula is C33H31N5O. The average molecular weight is 514 g/mol. The molecule has 194 valence electrons. The van der Waals surface area contributed by atoms with Gasteiger partial charge in [0.1, 0.15) is 11.2 Å². The van der Waals surface area contributed by atoms with Gasteiger partial charge in [-0.25, -0.2) is 4.98 Å². The fraction of sp³-hybridized carbons (Fsp3) is 0.212. The number of rotatable bonds is 8. The van der Waals surface area contributed by atoms with Crippen LogP contribution in [0.5, 0.6) is 0 Å². The summed E-state index contributed by atoms with van der Waals surface area (Å²) in [6.07, 6.45) is 4.56. The lowest BCUT2D eigenvalue weighted by atomic mass is 10.00. The van der Waals surface area contributed by atoms with E-state index in [0.717, 1.165) is 82.8 Å². The zero-order valence-corrected chi connectivity index (χ0v) is 22.3. The van der Waals surface area contributed by atoms with E-state index in [1.54, 1.807) is 0 Å². The van der Waals surface area contributed by atoms with Crippen molar-refractivity contribution in [2.24, 2.45) is 4.99 Å². The van der Waals surface area contributed by atoms with E-state index in [2.05, 4.69) is 75.3 Å². The van der Waals surface area contributed by atoms with Gasteiger partial charge in [0.2, 0.25) is 0 Å². The maximum absolute atomic E-state index is 6.48. The molecule has 0 radical (unpaired) electrons. The van der Waals surface area contributed by atoms with Crippen LogP contribution in [0.3, 0.4) is 0 Å². The summed E-state index contributed by atoms with van der Waals surface area (Å²) < 4.78 is 6.48. The highest BCUT2D eigenvalue weighted by Crippen LogP contribution is 2.32. The van der Waals surface area contributed by atoms with E-state index in [0.29, 0.717) is 0 Å². The first-order valence-corrected chi connectivity index (χ1v) is 13.5. The van der Waals surface area contributed by atoms with E-state index in [4.69, 9.17) is 9.40 Å². The predicted octanol–water partition coefficient (Wildman–Crippen LogP) is 6.35. The largest absolute Gasteiger partial charge is 0.453 e. The predicted molar refractivity (Wildman–Crippen MR) is 155 cm³/mol. The standard InChI is InChI=1S/C33H31N5O/c1-3-34-29-20-31-30(18-23(29)2)37-33-28-13-5-4-12-27(28)24(19-32(33)39-31)14-17-38(21-25-10-6-8-15-35-25)22-26-11-7-9-16-36-26/h4-13,15-16,18-20H,3,14,17,21-22H2,1-2H3. The zero-order valence-electron chi connectivity index (χ0n) is 22.3. The van der Waals surface area contributed by atoms with Crippen LogP contribution in [0, 0.1) is 6.92 Å². The summed E-state index contributed by atoms with van der Waals surface area (Å²) >= 11 is 0. The number of benzene rings is 3. The molecule has 2 aromatic heterocycles. The molecule has 0 bridgehead atoms. The zero-order chi connectivity index (χ0) is 26.6. The number of fused-ring (bicyclic) bond motifs is 4. The SMILES string of the molecule is CCN=c1cc2oc3cc(CCN(Cc4ccccn4)Cc4ccccn4)c4ccccc4c3nc-2cc1C. The Morgan fingerprint density at radius 1 is 0.821 bits per heavy atom. The van der Waals surface area contributed by atoms with Gasteiger partial charge in [0.15, 0.2) is 11.3 Å². The molecule has 0 saturated heterocycles. The summed E-state index contributed by atoms with van der Waals surface area (Å²) in [7, 11) is 0. The molecule has 0 saturated carbocycles. The first kappa shape index (κ1) is 24.9. The molecule has 6 nitrogen and oxygen atoms in total. The highest BCUT2D eigenvalue weighted by molar-refractivity contribution is 6.05. The van der Waals surface area contributed by atoms with Crippen molar-refractivity contribution in [2.45, 2.75) is 33.4 Å². The molecule has 6 heteroatoms. The molecule has 6 rings (SSSR count). The number of aromatic nitrogens is 3. The highest BCUT2D eigenvalue weighted by Gasteiger charge is 2.16. The second-order valence-electron chi connectivity index (χ2n) is 9.83. The number of nitrogens with zero attached hydrogens (tertiary/aromatic N) is 5. The van der Waals surface area contributed by atoms with Crippen molar-refractivity contribution in [3.63, 3.8) is 0 Å². The van der Waals surface area contributed by atoms with Crippen LogP contribution in [0.1, 0.15) is 29.4 Å². The van der Waals surface area contributed by atoms with Crippen molar-refractivity contribution in [3.8, 4) is 11.5 Å². The van der Waals surface area contributed by atoms with Crippen LogP contribution in [0.25, 0.3) is 33.3 Å². The van der Waals surface area contributed by atoms with Gasteiger partial charge in [0.05, 0.1) is 16.7 Å². The Hall–Kier alpha value is -4.42. The fourth-order valence-corrected chi connectivity index (χ4v) is 5.15. The van der Waals surface area contributed by atoms with Gasteiger partial charge in [-0.15, -0.1) is 0 Å². The van der Waals surface area contributed by atoms with Crippen molar-refractivity contribution in [1.82, 2.24) is 19.9 Å². The summed E-state index contributed by atoms with van der Waals surface area (Å²) in [5.41, 5.74) is 6.97. The minimum Gasteiger partial charge on any atom is -0.453 e. The molecule has 0 fully saturated rings. The Balaban J connectivity index is 1.39. The summed E-state index contributed by atoms with van der Waals surface area (Å²) in [6.45, 7) is 7.20. The van der Waals surface area contributed by atoms with Gasteiger partial charge in [-0.2, -0.15) is 0 Å². The molecule has 3 heterocycles. The van der Waals surface area contributed by atoms with E-state index in [-0.39, 0.29) is 0 Å². The monoisotopic (exact) mass is 513 g/mol. The topological polar surface area (TPSA) is 67.4 Å². The molecular weight excluding hydrogens is 482 g/mol. The normalized spacial score (nSPS) is 12.2. The smallest absolute Gasteiger partial charge is 0.155 e. The second-order valence-corrected chi connectivity index (χ2v) is 9.83. The number of hydrogen-bond acceptors (Lipinski definition) is 6. The molecule has 1 aliphatic heterocycles. The van der Waals surface area contributed by atoms with Crippen LogP contribution in [0.4, 0.5) is 0 Å². The molecule has 0 amide bonds. The minimum absolute atomic E-state index is 0.732. The third kappa shape index (κ3) is 5.42. The summed E-state index contributed by atoms with van der Waals surface area (Å²) in [5, 5.41) is 3.27. The molecule has 2 aromatic carbocycles. The Morgan fingerprint density at radius 2 is 1.51 bits per heavy atom. The molecule has 1 aliphatic carbocycles. The Labute approximate surface area is 228 Å². The van der Waals surface area contributed by atoms with E-state index < -0.39 is 0 Å². The van der Waals surface area contributed by atoms with E-state index >= 15 is 0 Å². The van der Waals surface area contributed by atoms with Crippen LogP contribution in [-0.2, 0) is 19.5 Å². The van der Waals surface area contributed by atoms with Crippen molar-refractivity contribution in [2.75, 3.05) is 13.1 Å². The number of aryl methyl sites for hydroxylation is 1. The molecule has 0 atom stereocenters. The Morgan fingerprint density at radius 3 is 2.18 bits per heavy atom. The van der Waals surface area contributed by atoms with E-state index in [1.165, 1.54) is 10.9 Å². The van der Waals surface area contributed by atoms with E-state index in [9.17, 15) is 0 Å². The maximum Gasteiger partial charge on any atom is 0.155 e. The van der Waals surface area contributed by atoms with Crippen LogP contribution >= 0.6 is 0 Å². The van der Waals surface area contributed by atoms with Gasteiger partial charge in [0, 0.05) is 50.0 Å². The highest BCUT2D eigenvalue weighted by atomic mass is 16.3. The Kier molecular flexibility index (Phi) is 7.11. The molecule has 2 aliphatic rings. The van der Waals surface area contributed by atoms with Crippen molar-refractivity contribution < 1.29 is 4.42 Å². The van der Waals surface area contributed by atoms with Crippen molar-refractivity contribution in [1.29, 1.82) is 0 Å². The second kappa shape index (κ2) is 11.1. The summed E-state index contributed by atoms with van der Waals surface area (Å²) in [6, 6.07) is 26.9. The van der Waals surface area contributed by atoms with Gasteiger partial charge in [-0.1, -0.05) is 36.4 Å². The van der Waals surface area contributed by atoms with Crippen LogP contribution in [0.2, 0.25) is 0 Å². The van der Waals surface area contributed by atoms with Gasteiger partial charge in [0.25, 0.3) is 0 Å². The van der Waals surface area contributed by atoms with E-state index in [1.807, 2.05) is 49.6 Å². The van der Waals surface area contributed by atoms with Crippen molar-refractivity contribution in [3.05, 3.63) is 119 Å². The van der Waals surface area contributed by atoms with Gasteiger partial charge >= 0.3 is 0 Å². The molecule has 0 unspecified atom stereocenters. The first-order valence-electron chi connectivity index (χ1n) is 13.5. The lowest BCUT2D eigenvalue weighted by Crippen LogP contribution is -2.26. The number of hydrogen-bond donors (Lipinski definition) is 0. The summed E-state index contributed by atoms with van der Waals surface area (Å²) in [4.78, 5) is 21.2. The lowest BCUT2D eigenvalue weighted by molar-refractivity contribution is 0.254. The molecule has 4 aromatic rings. The quantitative estimate of drug-likeness (QED) is 0.175. The minimum atomic E-state index is 0.732. The van der Waals surface area contributed by atoms with Crippen LogP contribution in [0.15, 0.2) is 101 Å². The third-order valence-corrected chi connectivity index (χ3v) is 7.05. The van der Waals surface area contributed by atoms with Crippen molar-refractivity contribution >= 4 is 21.9 Å².